The summed E-state index contributed by atoms with van der Waals surface area (Å²) in [6, 6.07) is 2.12. The number of nitrogens with zero attached hydrogens (tertiary/aromatic N) is 1. The number of carbonyl (C=O) groups excluding carboxylic acids is 1. The zero-order chi connectivity index (χ0) is 13.0. The monoisotopic (exact) mass is 318 g/mol. The quantitative estimate of drug-likeness (QED) is 0.905. The minimum absolute atomic E-state index is 0.0232. The molecule has 1 heterocycles. The molecule has 1 unspecified atom stereocenters. The van der Waals surface area contributed by atoms with Crippen LogP contribution in [0.2, 0.25) is 0 Å². The summed E-state index contributed by atoms with van der Waals surface area (Å²) in [7, 11) is 4.07. The summed E-state index contributed by atoms with van der Waals surface area (Å²) < 4.78 is 1.03. The average molecular weight is 319 g/mol. The molecule has 1 N–H and O–H groups in total. The molecule has 1 aromatic rings. The minimum atomic E-state index is 0.0232. The van der Waals surface area contributed by atoms with Crippen molar-refractivity contribution in [2.75, 3.05) is 20.6 Å². The van der Waals surface area contributed by atoms with Crippen molar-refractivity contribution in [1.29, 1.82) is 0 Å². The molecule has 0 aromatic carbocycles. The van der Waals surface area contributed by atoms with Gasteiger partial charge in [0.05, 0.1) is 8.66 Å². The Morgan fingerprint density at radius 3 is 2.71 bits per heavy atom. The van der Waals surface area contributed by atoms with Crippen molar-refractivity contribution < 1.29 is 4.79 Å². The Balaban J connectivity index is 2.48. The first-order valence-corrected chi connectivity index (χ1v) is 7.22. The van der Waals surface area contributed by atoms with Gasteiger partial charge in [-0.2, -0.15) is 0 Å². The molecule has 96 valence electrons. The van der Waals surface area contributed by atoms with Gasteiger partial charge in [0, 0.05) is 6.04 Å². The molecule has 5 heteroatoms. The van der Waals surface area contributed by atoms with E-state index in [2.05, 4.69) is 26.1 Å². The molecule has 1 atom stereocenters. The summed E-state index contributed by atoms with van der Waals surface area (Å²) >= 11 is 4.92. The predicted molar refractivity (Wildman–Crippen MR) is 76.9 cm³/mol. The lowest BCUT2D eigenvalue weighted by Gasteiger charge is -2.16. The number of nitrogens with one attached hydrogen (secondary N) is 1. The van der Waals surface area contributed by atoms with E-state index in [1.165, 1.54) is 11.3 Å². The van der Waals surface area contributed by atoms with Crippen molar-refractivity contribution in [1.82, 2.24) is 10.2 Å². The van der Waals surface area contributed by atoms with Crippen LogP contribution in [-0.2, 0) is 0 Å². The average Bonchev–Trinajstić information content (AvgIpc) is 2.56. The second kappa shape index (κ2) is 6.52. The van der Waals surface area contributed by atoms with Crippen molar-refractivity contribution in [2.45, 2.75) is 26.3 Å². The molecule has 0 bridgehead atoms. The molecule has 0 fully saturated rings. The van der Waals surface area contributed by atoms with Gasteiger partial charge in [-0.1, -0.05) is 0 Å². The van der Waals surface area contributed by atoms with Crippen LogP contribution in [0.15, 0.2) is 9.85 Å². The molecule has 17 heavy (non-hydrogen) atoms. The number of amides is 1. The Labute approximate surface area is 115 Å². The largest absolute Gasteiger partial charge is 0.349 e. The summed E-state index contributed by atoms with van der Waals surface area (Å²) in [5.41, 5.74) is 1.11. The molecular formula is C12H19BrN2OS. The first-order chi connectivity index (χ1) is 7.90. The van der Waals surface area contributed by atoms with Gasteiger partial charge in [0.2, 0.25) is 0 Å². The molecule has 1 aromatic heterocycles. The minimum Gasteiger partial charge on any atom is -0.349 e. The van der Waals surface area contributed by atoms with Crippen LogP contribution in [0.5, 0.6) is 0 Å². The van der Waals surface area contributed by atoms with Crippen LogP contribution in [0.1, 0.15) is 28.6 Å². The molecule has 0 aliphatic rings. The molecule has 0 saturated carbocycles. The van der Waals surface area contributed by atoms with E-state index >= 15 is 0 Å². The molecular weight excluding hydrogens is 300 g/mol. The van der Waals surface area contributed by atoms with Gasteiger partial charge >= 0.3 is 0 Å². The predicted octanol–water partition coefficient (Wildman–Crippen LogP) is 2.89. The molecule has 1 amide bonds. The topological polar surface area (TPSA) is 32.3 Å². The van der Waals surface area contributed by atoms with Gasteiger partial charge in [0.15, 0.2) is 0 Å². The van der Waals surface area contributed by atoms with Crippen molar-refractivity contribution in [3.8, 4) is 0 Å². The summed E-state index contributed by atoms with van der Waals surface area (Å²) in [6.45, 7) is 5.01. The van der Waals surface area contributed by atoms with E-state index in [4.69, 9.17) is 0 Å². The van der Waals surface area contributed by atoms with E-state index in [-0.39, 0.29) is 11.9 Å². The third-order valence-electron chi connectivity index (χ3n) is 2.47. The number of carbonyl (C=O) groups is 1. The van der Waals surface area contributed by atoms with Gasteiger partial charge in [-0.25, -0.2) is 0 Å². The van der Waals surface area contributed by atoms with Gasteiger partial charge in [-0.05, 0) is 68.5 Å². The molecule has 0 spiro atoms. The zero-order valence-electron chi connectivity index (χ0n) is 10.7. The second-order valence-corrected chi connectivity index (χ2v) is 6.90. The maximum atomic E-state index is 11.9. The van der Waals surface area contributed by atoms with E-state index in [1.807, 2.05) is 34.0 Å². The van der Waals surface area contributed by atoms with Gasteiger partial charge < -0.3 is 10.2 Å². The summed E-state index contributed by atoms with van der Waals surface area (Å²) in [5, 5.41) is 3.02. The molecule has 0 radical (unpaired) electrons. The van der Waals surface area contributed by atoms with E-state index in [9.17, 15) is 4.79 Å². The number of thiophene rings is 1. The Morgan fingerprint density at radius 2 is 2.24 bits per heavy atom. The van der Waals surface area contributed by atoms with Crippen LogP contribution in [0.3, 0.4) is 0 Å². The number of aryl methyl sites for hydroxylation is 1. The number of halogens is 1. The maximum absolute atomic E-state index is 11.9. The highest BCUT2D eigenvalue weighted by atomic mass is 79.9. The number of hydrogen-bond donors (Lipinski definition) is 1. The SMILES string of the molecule is Cc1cc(C(=O)NC(C)CCN(C)C)sc1Br. The normalized spacial score (nSPS) is 12.8. The summed E-state index contributed by atoms with van der Waals surface area (Å²) in [6.07, 6.45) is 0.963. The Hall–Kier alpha value is -0.390. The fourth-order valence-electron chi connectivity index (χ4n) is 1.39. The molecule has 0 aliphatic carbocycles. The van der Waals surface area contributed by atoms with Gasteiger partial charge in [-0.15, -0.1) is 11.3 Å². The van der Waals surface area contributed by atoms with Gasteiger partial charge in [0.1, 0.15) is 0 Å². The highest BCUT2D eigenvalue weighted by Crippen LogP contribution is 2.27. The molecule has 1 rings (SSSR count). The third kappa shape index (κ3) is 4.77. The van der Waals surface area contributed by atoms with Crippen molar-refractivity contribution >= 4 is 33.2 Å². The number of rotatable bonds is 5. The van der Waals surface area contributed by atoms with E-state index < -0.39 is 0 Å². The summed E-state index contributed by atoms with van der Waals surface area (Å²) in [5.74, 6) is 0.0232. The third-order valence-corrected chi connectivity index (χ3v) is 4.60. The first-order valence-electron chi connectivity index (χ1n) is 5.61. The van der Waals surface area contributed by atoms with Crippen LogP contribution in [-0.4, -0.2) is 37.5 Å². The van der Waals surface area contributed by atoms with Gasteiger partial charge in [0.25, 0.3) is 5.91 Å². The Morgan fingerprint density at radius 1 is 1.59 bits per heavy atom. The molecule has 3 nitrogen and oxygen atoms in total. The van der Waals surface area contributed by atoms with Crippen molar-refractivity contribution in [3.63, 3.8) is 0 Å². The Bertz CT molecular complexity index is 370. The van der Waals surface area contributed by atoms with Crippen LogP contribution in [0, 0.1) is 6.92 Å². The molecule has 0 saturated heterocycles. The highest BCUT2D eigenvalue weighted by Gasteiger charge is 2.13. The fraction of sp³-hybridized carbons (Fsp3) is 0.583. The highest BCUT2D eigenvalue weighted by molar-refractivity contribution is 9.11. The summed E-state index contributed by atoms with van der Waals surface area (Å²) in [4.78, 5) is 14.8. The second-order valence-electron chi connectivity index (χ2n) is 4.53. The van der Waals surface area contributed by atoms with E-state index in [0.29, 0.717) is 0 Å². The van der Waals surface area contributed by atoms with Crippen LogP contribution < -0.4 is 5.32 Å². The van der Waals surface area contributed by atoms with Crippen molar-refractivity contribution in [2.24, 2.45) is 0 Å². The van der Waals surface area contributed by atoms with Crippen LogP contribution in [0.25, 0.3) is 0 Å². The van der Waals surface area contributed by atoms with Crippen molar-refractivity contribution in [3.05, 3.63) is 20.3 Å². The Kier molecular flexibility index (Phi) is 5.62. The smallest absolute Gasteiger partial charge is 0.261 e. The van der Waals surface area contributed by atoms with E-state index in [1.54, 1.807) is 0 Å². The first kappa shape index (κ1) is 14.7. The fourth-order valence-corrected chi connectivity index (χ4v) is 2.83. The van der Waals surface area contributed by atoms with Crippen LogP contribution >= 0.6 is 27.3 Å². The maximum Gasteiger partial charge on any atom is 0.261 e. The van der Waals surface area contributed by atoms with E-state index in [0.717, 1.165) is 27.2 Å². The standard InChI is InChI=1S/C12H19BrN2OS/c1-8-7-10(17-11(8)13)12(16)14-9(2)5-6-15(3)4/h7,9H,5-6H2,1-4H3,(H,14,16). The lowest BCUT2D eigenvalue weighted by atomic mass is 10.2. The lowest BCUT2D eigenvalue weighted by Crippen LogP contribution is -2.34. The van der Waals surface area contributed by atoms with Crippen LogP contribution in [0.4, 0.5) is 0 Å². The number of hydrogen-bond acceptors (Lipinski definition) is 3. The lowest BCUT2D eigenvalue weighted by molar-refractivity contribution is 0.0941. The zero-order valence-corrected chi connectivity index (χ0v) is 13.1. The molecule has 0 aliphatic heterocycles. The van der Waals surface area contributed by atoms with Gasteiger partial charge in [-0.3, -0.25) is 4.79 Å².